The Kier molecular flexibility index (Phi) is 7.63. The third kappa shape index (κ3) is 5.81. The van der Waals surface area contributed by atoms with E-state index in [1.807, 2.05) is 6.07 Å². The Labute approximate surface area is 221 Å². The van der Waals surface area contributed by atoms with Crippen molar-refractivity contribution >= 4 is 27.0 Å². The van der Waals surface area contributed by atoms with Gasteiger partial charge in [0, 0.05) is 37.3 Å². The molecular formula is C27H30F2N6O2S. The zero-order valence-electron chi connectivity index (χ0n) is 21.0. The summed E-state index contributed by atoms with van der Waals surface area (Å²) in [5.41, 5.74) is 1.79. The number of nitrogens with zero attached hydrogens (tertiary/aromatic N) is 4. The van der Waals surface area contributed by atoms with E-state index < -0.39 is 21.5 Å². The van der Waals surface area contributed by atoms with Crippen LogP contribution in [0.5, 0.6) is 0 Å². The normalized spacial score (nSPS) is 19.5. The largest absolute Gasteiger partial charge is 0.368 e. The third-order valence-corrected chi connectivity index (χ3v) is 8.81. The van der Waals surface area contributed by atoms with Crippen LogP contribution in [0.15, 0.2) is 42.5 Å². The molecular weight excluding hydrogens is 510 g/mol. The minimum Gasteiger partial charge on any atom is -0.368 e. The Hall–Kier alpha value is -3.49. The highest BCUT2D eigenvalue weighted by molar-refractivity contribution is 7.91. The van der Waals surface area contributed by atoms with Crippen molar-refractivity contribution in [2.24, 2.45) is 5.92 Å². The van der Waals surface area contributed by atoms with Gasteiger partial charge in [0.15, 0.2) is 9.84 Å². The first-order valence-electron chi connectivity index (χ1n) is 12.8. The number of hydrogen-bond donors (Lipinski definition) is 2. The van der Waals surface area contributed by atoms with Crippen LogP contribution in [-0.2, 0) is 9.84 Å². The fraction of sp³-hybridized carbons (Fsp3) is 0.407. The lowest BCUT2D eigenvalue weighted by molar-refractivity contribution is 0.496. The molecule has 8 nitrogen and oxygen atoms in total. The molecule has 2 aromatic carbocycles. The van der Waals surface area contributed by atoms with Gasteiger partial charge in [-0.05, 0) is 56.5 Å². The minimum atomic E-state index is -3.08. The van der Waals surface area contributed by atoms with Crippen molar-refractivity contribution in [3.05, 3.63) is 65.5 Å². The number of benzene rings is 2. The molecule has 0 radical (unpaired) electrons. The predicted octanol–water partition coefficient (Wildman–Crippen LogP) is 4.40. The molecule has 5 rings (SSSR count). The number of rotatable bonds is 6. The molecule has 38 heavy (non-hydrogen) atoms. The molecule has 1 atom stereocenters. The van der Waals surface area contributed by atoms with E-state index in [-0.39, 0.29) is 30.3 Å². The fourth-order valence-electron chi connectivity index (χ4n) is 5.01. The van der Waals surface area contributed by atoms with Gasteiger partial charge in [-0.25, -0.2) is 26.7 Å². The summed E-state index contributed by atoms with van der Waals surface area (Å²) in [5.74, 6) is -0.0342. The van der Waals surface area contributed by atoms with E-state index in [9.17, 15) is 12.8 Å². The monoisotopic (exact) mass is 540 g/mol. The van der Waals surface area contributed by atoms with Crippen LogP contribution >= 0.6 is 0 Å². The summed E-state index contributed by atoms with van der Waals surface area (Å²) in [4.78, 5) is 4.93. The molecule has 1 aromatic heterocycles. The van der Waals surface area contributed by atoms with Gasteiger partial charge in [0.2, 0.25) is 5.69 Å². The number of halogens is 2. The minimum absolute atomic E-state index is 0.00422. The second-order valence-corrected chi connectivity index (χ2v) is 12.1. The van der Waals surface area contributed by atoms with E-state index in [4.69, 9.17) is 6.57 Å². The van der Waals surface area contributed by atoms with Crippen molar-refractivity contribution in [1.29, 1.82) is 0 Å². The first-order valence-corrected chi connectivity index (χ1v) is 14.6. The van der Waals surface area contributed by atoms with E-state index in [0.29, 0.717) is 34.4 Å². The van der Waals surface area contributed by atoms with Crippen LogP contribution in [0, 0.1) is 24.1 Å². The van der Waals surface area contributed by atoms with E-state index in [1.165, 1.54) is 18.2 Å². The van der Waals surface area contributed by atoms with Crippen LogP contribution in [0.3, 0.4) is 0 Å². The molecule has 0 bridgehead atoms. The summed E-state index contributed by atoms with van der Waals surface area (Å²) in [6.07, 6.45) is 3.29. The highest BCUT2D eigenvalue weighted by atomic mass is 32.2. The van der Waals surface area contributed by atoms with Gasteiger partial charge in [-0.2, -0.15) is 0 Å². The third-order valence-electron chi connectivity index (χ3n) is 7.20. The maximum Gasteiger partial charge on any atom is 0.222 e. The van der Waals surface area contributed by atoms with Gasteiger partial charge in [-0.1, -0.05) is 12.1 Å². The van der Waals surface area contributed by atoms with Gasteiger partial charge >= 0.3 is 0 Å². The van der Waals surface area contributed by atoms with Crippen LogP contribution in [0.25, 0.3) is 21.8 Å². The summed E-state index contributed by atoms with van der Waals surface area (Å²) < 4.78 is 54.9. The fourth-order valence-corrected chi connectivity index (χ4v) is 6.21. The molecule has 11 heteroatoms. The number of sulfone groups is 1. The molecule has 2 saturated heterocycles. The lowest BCUT2D eigenvalue weighted by Gasteiger charge is -2.29. The molecule has 2 aliphatic rings. The van der Waals surface area contributed by atoms with E-state index >= 15 is 4.39 Å². The van der Waals surface area contributed by atoms with Gasteiger partial charge in [-0.3, -0.25) is 0 Å². The SMILES string of the molecule is [C-]#[N+]c1ccc(-c2cc(NC[C@@H]3CCCNCC3)nn2-c2ccc(N3CCS(=O)(=O)CC3)c(F)c2)cc1F. The quantitative estimate of drug-likeness (QED) is 0.451. The zero-order valence-corrected chi connectivity index (χ0v) is 21.8. The summed E-state index contributed by atoms with van der Waals surface area (Å²) in [6.45, 7) is 10.4. The average Bonchev–Trinajstić information content (AvgIpc) is 3.15. The predicted molar refractivity (Wildman–Crippen MR) is 145 cm³/mol. The summed E-state index contributed by atoms with van der Waals surface area (Å²) in [7, 11) is -3.08. The molecule has 2 N–H and O–H groups in total. The topological polar surface area (TPSA) is 83.6 Å². The van der Waals surface area contributed by atoms with E-state index in [2.05, 4.69) is 20.6 Å². The number of nitrogens with one attached hydrogen (secondary N) is 2. The highest BCUT2D eigenvalue weighted by Gasteiger charge is 2.24. The van der Waals surface area contributed by atoms with Crippen molar-refractivity contribution in [3.8, 4) is 16.9 Å². The van der Waals surface area contributed by atoms with Crippen LogP contribution in [0.1, 0.15) is 19.3 Å². The lowest BCUT2D eigenvalue weighted by Crippen LogP contribution is -2.40. The number of anilines is 2. The molecule has 2 fully saturated rings. The molecule has 0 amide bonds. The first kappa shape index (κ1) is 26.1. The summed E-state index contributed by atoms with van der Waals surface area (Å²) in [5, 5.41) is 11.5. The number of aromatic nitrogens is 2. The van der Waals surface area contributed by atoms with E-state index in [0.717, 1.165) is 38.9 Å². The second kappa shape index (κ2) is 11.1. The second-order valence-electron chi connectivity index (χ2n) is 9.81. The Morgan fingerprint density at radius 3 is 2.61 bits per heavy atom. The first-order chi connectivity index (χ1) is 18.3. The Balaban J connectivity index is 1.46. The average molecular weight is 541 g/mol. The molecule has 3 heterocycles. The van der Waals surface area contributed by atoms with Crippen molar-refractivity contribution in [2.75, 3.05) is 54.4 Å². The Morgan fingerprint density at radius 1 is 1.05 bits per heavy atom. The van der Waals surface area contributed by atoms with Crippen molar-refractivity contribution in [1.82, 2.24) is 15.1 Å². The van der Waals surface area contributed by atoms with Gasteiger partial charge in [0.1, 0.15) is 17.5 Å². The van der Waals surface area contributed by atoms with Gasteiger partial charge in [0.25, 0.3) is 0 Å². The molecule has 200 valence electrons. The van der Waals surface area contributed by atoms with E-state index in [1.54, 1.807) is 27.8 Å². The molecule has 0 saturated carbocycles. The highest BCUT2D eigenvalue weighted by Crippen LogP contribution is 2.32. The molecule has 0 spiro atoms. The smallest absolute Gasteiger partial charge is 0.222 e. The molecule has 3 aromatic rings. The van der Waals surface area contributed by atoms with Gasteiger partial charge < -0.3 is 15.5 Å². The maximum atomic E-state index is 15.3. The van der Waals surface area contributed by atoms with Crippen LogP contribution < -0.4 is 15.5 Å². The van der Waals surface area contributed by atoms with Gasteiger partial charge in [0.05, 0.1) is 35.1 Å². The number of hydrogen-bond acceptors (Lipinski definition) is 6. The van der Waals surface area contributed by atoms with Crippen LogP contribution in [0.4, 0.5) is 26.0 Å². The van der Waals surface area contributed by atoms with Crippen LogP contribution in [0.2, 0.25) is 0 Å². The van der Waals surface area contributed by atoms with Crippen molar-refractivity contribution in [2.45, 2.75) is 19.3 Å². The summed E-state index contributed by atoms with van der Waals surface area (Å²) in [6, 6.07) is 10.9. The van der Waals surface area contributed by atoms with Crippen molar-refractivity contribution < 1.29 is 17.2 Å². The Bertz CT molecular complexity index is 1440. The Morgan fingerprint density at radius 2 is 1.87 bits per heavy atom. The van der Waals surface area contributed by atoms with Gasteiger partial charge in [-0.15, -0.1) is 5.10 Å². The van der Waals surface area contributed by atoms with Crippen molar-refractivity contribution in [3.63, 3.8) is 0 Å². The van der Waals surface area contributed by atoms with Crippen LogP contribution in [-0.4, -0.2) is 62.4 Å². The molecule has 0 unspecified atom stereocenters. The summed E-state index contributed by atoms with van der Waals surface area (Å²) >= 11 is 0. The lowest BCUT2D eigenvalue weighted by atomic mass is 10.0. The maximum absolute atomic E-state index is 15.3. The zero-order chi connectivity index (χ0) is 26.7. The molecule has 0 aliphatic carbocycles. The molecule has 2 aliphatic heterocycles. The standard InChI is InChI=1S/C27H30F2N6O2S/c1-30-24-6-4-20(15-22(24)28)26-17-27(32-18-19-3-2-9-31-10-8-19)33-35(26)21-5-7-25(23(29)16-21)34-11-13-38(36,37)14-12-34/h4-7,15-17,19,31H,2-3,8-14,18H2,(H,32,33)/t19-/m1/s1.